The van der Waals surface area contributed by atoms with Gasteiger partial charge in [-0.2, -0.15) is 0 Å². The Morgan fingerprint density at radius 3 is 2.20 bits per heavy atom. The molecule has 8 heteroatoms. The van der Waals surface area contributed by atoms with Crippen molar-refractivity contribution in [3.63, 3.8) is 0 Å². The van der Waals surface area contributed by atoms with Crippen molar-refractivity contribution in [2.24, 2.45) is 0 Å². The first-order valence-electron chi connectivity index (χ1n) is 12.4. The lowest BCUT2D eigenvalue weighted by molar-refractivity contribution is 0.0492. The number of hydrogen-bond acceptors (Lipinski definition) is 6. The summed E-state index contributed by atoms with van der Waals surface area (Å²) in [5.41, 5.74) is 4.42. The zero-order valence-electron chi connectivity index (χ0n) is 22.9. The fraction of sp³-hybridized carbons (Fsp3) is 0.630. The Balaban J connectivity index is 2.23. The standard InChI is InChI=1S/C27H44N2O4SSi/c1-19-24(34-18-28-19)21-12-10-20(11-13-21)23(29-25(31)32-26(2,3)4)15-14-22(16-17-30)33-35(8,9)27(5,6)7/h10-13,18,22-23,30H,14-17H2,1-9H3,(H,29,31)/t22?,23-/m0/s1. The molecule has 2 aromatic rings. The highest BCUT2D eigenvalue weighted by atomic mass is 32.1. The van der Waals surface area contributed by atoms with Gasteiger partial charge < -0.3 is 19.6 Å². The maximum absolute atomic E-state index is 12.7. The average Bonchev–Trinajstić information content (AvgIpc) is 3.14. The van der Waals surface area contributed by atoms with E-state index in [1.165, 1.54) is 0 Å². The predicted octanol–water partition coefficient (Wildman–Crippen LogP) is 7.24. The smallest absolute Gasteiger partial charge is 0.408 e. The minimum absolute atomic E-state index is 0.0667. The number of aryl methyl sites for hydroxylation is 1. The van der Waals surface area contributed by atoms with Crippen molar-refractivity contribution in [1.82, 2.24) is 10.3 Å². The van der Waals surface area contributed by atoms with Gasteiger partial charge in [0.2, 0.25) is 0 Å². The molecule has 2 N–H and O–H groups in total. The van der Waals surface area contributed by atoms with Gasteiger partial charge in [-0.1, -0.05) is 45.0 Å². The molecule has 1 unspecified atom stereocenters. The Morgan fingerprint density at radius 1 is 1.09 bits per heavy atom. The van der Waals surface area contributed by atoms with Gasteiger partial charge in [0.05, 0.1) is 22.1 Å². The van der Waals surface area contributed by atoms with Crippen LogP contribution in [0.2, 0.25) is 18.1 Å². The molecule has 0 radical (unpaired) electrons. The van der Waals surface area contributed by atoms with Crippen LogP contribution < -0.4 is 5.32 Å². The van der Waals surface area contributed by atoms with Gasteiger partial charge in [0, 0.05) is 12.7 Å². The van der Waals surface area contributed by atoms with E-state index in [9.17, 15) is 9.90 Å². The molecule has 0 spiro atoms. The van der Waals surface area contributed by atoms with Gasteiger partial charge in [0.15, 0.2) is 8.32 Å². The fourth-order valence-electron chi connectivity index (χ4n) is 3.57. The van der Waals surface area contributed by atoms with Crippen LogP contribution >= 0.6 is 11.3 Å². The van der Waals surface area contributed by atoms with Gasteiger partial charge in [-0.05, 0) is 76.2 Å². The SMILES string of the molecule is Cc1ncsc1-c1ccc([C@H](CCC(CCO)O[Si](C)(C)C(C)(C)C)NC(=O)OC(C)(C)C)cc1. The summed E-state index contributed by atoms with van der Waals surface area (Å²) < 4.78 is 12.2. The normalized spacial score (nSPS) is 14.5. The van der Waals surface area contributed by atoms with Crippen LogP contribution in [0, 0.1) is 6.92 Å². The van der Waals surface area contributed by atoms with Crippen molar-refractivity contribution in [3.8, 4) is 10.4 Å². The molecule has 1 amide bonds. The fourth-order valence-corrected chi connectivity index (χ4v) is 5.80. The highest BCUT2D eigenvalue weighted by Crippen LogP contribution is 2.38. The van der Waals surface area contributed by atoms with Crippen molar-refractivity contribution in [2.45, 2.75) is 104 Å². The summed E-state index contributed by atoms with van der Waals surface area (Å²) in [6, 6.07) is 8.05. The van der Waals surface area contributed by atoms with Crippen LogP contribution in [0.4, 0.5) is 4.79 Å². The van der Waals surface area contributed by atoms with Gasteiger partial charge in [0.1, 0.15) is 5.60 Å². The monoisotopic (exact) mass is 520 g/mol. The Labute approximate surface area is 216 Å². The van der Waals surface area contributed by atoms with Crippen LogP contribution in [-0.4, -0.2) is 42.8 Å². The molecule has 6 nitrogen and oxygen atoms in total. The lowest BCUT2D eigenvalue weighted by atomic mass is 9.98. The molecule has 0 aliphatic heterocycles. The third kappa shape index (κ3) is 9.01. The number of amides is 1. The van der Waals surface area contributed by atoms with Crippen LogP contribution in [0.25, 0.3) is 10.4 Å². The molecule has 1 heterocycles. The van der Waals surface area contributed by atoms with E-state index in [2.05, 4.69) is 68.4 Å². The number of hydrogen-bond donors (Lipinski definition) is 2. The van der Waals surface area contributed by atoms with E-state index in [0.29, 0.717) is 12.8 Å². The zero-order valence-corrected chi connectivity index (χ0v) is 24.7. The minimum Gasteiger partial charge on any atom is -0.444 e. The summed E-state index contributed by atoms with van der Waals surface area (Å²) in [6.07, 6.45) is 1.48. The Bertz CT molecular complexity index is 945. The predicted molar refractivity (Wildman–Crippen MR) is 147 cm³/mol. The Hall–Kier alpha value is -1.74. The molecule has 0 fully saturated rings. The van der Waals surface area contributed by atoms with E-state index < -0.39 is 20.0 Å². The van der Waals surface area contributed by atoms with E-state index in [4.69, 9.17) is 9.16 Å². The summed E-state index contributed by atoms with van der Waals surface area (Å²) in [5.74, 6) is 0. The number of aliphatic hydroxyl groups excluding tert-OH is 1. The van der Waals surface area contributed by atoms with Crippen molar-refractivity contribution in [1.29, 1.82) is 0 Å². The lowest BCUT2D eigenvalue weighted by Crippen LogP contribution is -2.44. The number of aromatic nitrogens is 1. The van der Waals surface area contributed by atoms with E-state index in [1.807, 2.05) is 33.2 Å². The molecule has 0 aliphatic carbocycles. The molecule has 0 saturated carbocycles. The molecule has 1 aromatic carbocycles. The topological polar surface area (TPSA) is 80.7 Å². The number of carbonyl (C=O) groups is 1. The third-order valence-electron chi connectivity index (χ3n) is 6.51. The van der Waals surface area contributed by atoms with E-state index in [-0.39, 0.29) is 23.8 Å². The van der Waals surface area contributed by atoms with Crippen molar-refractivity contribution >= 4 is 25.7 Å². The molecule has 2 atom stereocenters. The number of alkyl carbamates (subject to hydrolysis) is 1. The van der Waals surface area contributed by atoms with Crippen molar-refractivity contribution < 1.29 is 19.1 Å². The molecule has 1 aromatic heterocycles. The van der Waals surface area contributed by atoms with Gasteiger partial charge >= 0.3 is 6.09 Å². The number of carbonyl (C=O) groups excluding carboxylic acids is 1. The highest BCUT2D eigenvalue weighted by molar-refractivity contribution is 7.13. The van der Waals surface area contributed by atoms with Crippen molar-refractivity contribution in [3.05, 3.63) is 41.0 Å². The average molecular weight is 521 g/mol. The molecular weight excluding hydrogens is 476 g/mol. The molecule has 0 bridgehead atoms. The number of thiazole rings is 1. The first-order valence-corrected chi connectivity index (χ1v) is 16.2. The molecule has 2 rings (SSSR count). The zero-order chi connectivity index (χ0) is 26.4. The molecular formula is C27H44N2O4SSi. The maximum Gasteiger partial charge on any atom is 0.408 e. The quantitative estimate of drug-likeness (QED) is 0.323. The first-order chi connectivity index (χ1) is 16.1. The van der Waals surface area contributed by atoms with Gasteiger partial charge in [-0.15, -0.1) is 11.3 Å². The van der Waals surface area contributed by atoms with E-state index in [1.54, 1.807) is 11.3 Å². The highest BCUT2D eigenvalue weighted by Gasteiger charge is 2.39. The van der Waals surface area contributed by atoms with Crippen LogP contribution in [0.3, 0.4) is 0 Å². The Kier molecular flexibility index (Phi) is 10.1. The molecule has 196 valence electrons. The number of nitrogens with zero attached hydrogens (tertiary/aromatic N) is 1. The summed E-state index contributed by atoms with van der Waals surface area (Å²) in [6.45, 7) is 18.8. The first kappa shape index (κ1) is 29.5. The second kappa shape index (κ2) is 12.0. The number of benzene rings is 1. The van der Waals surface area contributed by atoms with Gasteiger partial charge in [0.25, 0.3) is 0 Å². The maximum atomic E-state index is 12.7. The largest absolute Gasteiger partial charge is 0.444 e. The van der Waals surface area contributed by atoms with Crippen LogP contribution in [-0.2, 0) is 9.16 Å². The van der Waals surface area contributed by atoms with Crippen LogP contribution in [0.5, 0.6) is 0 Å². The minimum atomic E-state index is -1.99. The van der Waals surface area contributed by atoms with Gasteiger partial charge in [-0.3, -0.25) is 0 Å². The molecule has 0 saturated heterocycles. The summed E-state index contributed by atoms with van der Waals surface area (Å²) in [7, 11) is -1.99. The van der Waals surface area contributed by atoms with Crippen molar-refractivity contribution in [2.75, 3.05) is 6.61 Å². The second-order valence-electron chi connectivity index (χ2n) is 11.7. The number of ether oxygens (including phenoxy) is 1. The third-order valence-corrected chi connectivity index (χ3v) is 12.0. The summed E-state index contributed by atoms with van der Waals surface area (Å²) in [4.78, 5) is 18.2. The number of aliphatic hydroxyl groups is 1. The molecule has 0 aliphatic rings. The van der Waals surface area contributed by atoms with E-state index in [0.717, 1.165) is 28.1 Å². The van der Waals surface area contributed by atoms with E-state index >= 15 is 0 Å². The lowest BCUT2D eigenvalue weighted by Gasteiger charge is -2.39. The molecule has 35 heavy (non-hydrogen) atoms. The number of rotatable bonds is 10. The Morgan fingerprint density at radius 2 is 1.71 bits per heavy atom. The van der Waals surface area contributed by atoms with Crippen LogP contribution in [0.1, 0.15) is 78.1 Å². The second-order valence-corrected chi connectivity index (χ2v) is 17.3. The summed E-state index contributed by atoms with van der Waals surface area (Å²) >= 11 is 1.62. The summed E-state index contributed by atoms with van der Waals surface area (Å²) in [5, 5.41) is 12.8. The van der Waals surface area contributed by atoms with Crippen LogP contribution in [0.15, 0.2) is 29.8 Å². The number of nitrogens with one attached hydrogen (secondary N) is 1. The van der Waals surface area contributed by atoms with Gasteiger partial charge in [-0.25, -0.2) is 9.78 Å².